The van der Waals surface area contributed by atoms with Gasteiger partial charge in [0.05, 0.1) is 6.10 Å². The minimum Gasteiger partial charge on any atom is -0.377 e. The number of nitrogens with zero attached hydrogens (tertiary/aromatic N) is 2. The summed E-state index contributed by atoms with van der Waals surface area (Å²) in [6, 6.07) is 11.3. The number of rotatable bonds is 10. The van der Waals surface area contributed by atoms with E-state index in [1.54, 1.807) is 6.07 Å². The van der Waals surface area contributed by atoms with Crippen LogP contribution < -0.4 is 10.2 Å². The Bertz CT molecular complexity index is 985. The van der Waals surface area contributed by atoms with E-state index < -0.39 is 5.82 Å². The molecule has 1 aliphatic rings. The normalized spacial score (nSPS) is 15.4. The number of hydrogen-bond acceptors (Lipinski definition) is 4. The number of nitrogens with one attached hydrogen (secondary N) is 1. The molecule has 1 aliphatic heterocycles. The molecule has 2 amide bonds. The number of benzene rings is 2. The van der Waals surface area contributed by atoms with Crippen molar-refractivity contribution in [1.82, 2.24) is 4.90 Å². The zero-order valence-corrected chi connectivity index (χ0v) is 20.6. The van der Waals surface area contributed by atoms with Crippen molar-refractivity contribution in [3.05, 3.63) is 59.4 Å². The molecule has 1 atom stereocenters. The van der Waals surface area contributed by atoms with Crippen molar-refractivity contribution in [1.29, 1.82) is 0 Å². The van der Waals surface area contributed by atoms with Crippen LogP contribution in [0.15, 0.2) is 42.5 Å². The predicted molar refractivity (Wildman–Crippen MR) is 134 cm³/mol. The summed E-state index contributed by atoms with van der Waals surface area (Å²) in [7, 11) is 3.91. The lowest BCUT2D eigenvalue weighted by Crippen LogP contribution is -2.40. The summed E-state index contributed by atoms with van der Waals surface area (Å²) in [6.45, 7) is 5.81. The number of ether oxygens (including phenoxy) is 1. The molecule has 0 aliphatic carbocycles. The number of amides is 2. The summed E-state index contributed by atoms with van der Waals surface area (Å²) in [4.78, 5) is 30.0. The molecule has 1 saturated heterocycles. The molecule has 2 aromatic rings. The molecule has 1 fully saturated rings. The van der Waals surface area contributed by atoms with Gasteiger partial charge in [0.25, 0.3) is 5.91 Å². The maximum Gasteiger partial charge on any atom is 0.255 e. The van der Waals surface area contributed by atoms with Gasteiger partial charge in [-0.1, -0.05) is 19.9 Å². The van der Waals surface area contributed by atoms with Gasteiger partial charge in [-0.3, -0.25) is 9.59 Å². The molecule has 184 valence electrons. The van der Waals surface area contributed by atoms with Crippen molar-refractivity contribution in [2.75, 3.05) is 37.5 Å². The molecule has 1 heterocycles. The monoisotopic (exact) mass is 469 g/mol. The Balaban J connectivity index is 1.87. The zero-order chi connectivity index (χ0) is 24.7. The maximum atomic E-state index is 13.5. The lowest BCUT2D eigenvalue weighted by Gasteiger charge is -2.30. The van der Waals surface area contributed by atoms with Crippen LogP contribution in [0, 0.1) is 11.7 Å². The van der Waals surface area contributed by atoms with Crippen molar-refractivity contribution in [2.45, 2.75) is 52.2 Å². The molecule has 0 bridgehead atoms. The average Bonchev–Trinajstić information content (AvgIpc) is 3.32. The van der Waals surface area contributed by atoms with Crippen LogP contribution in [0.25, 0.3) is 0 Å². The summed E-state index contributed by atoms with van der Waals surface area (Å²) < 4.78 is 19.4. The predicted octanol–water partition coefficient (Wildman–Crippen LogP) is 5.09. The Labute approximate surface area is 202 Å². The molecular weight excluding hydrogens is 433 g/mol. The quantitative estimate of drug-likeness (QED) is 0.527. The highest BCUT2D eigenvalue weighted by atomic mass is 19.1. The van der Waals surface area contributed by atoms with Crippen LogP contribution in [0.2, 0.25) is 0 Å². The van der Waals surface area contributed by atoms with Crippen LogP contribution in [0.3, 0.4) is 0 Å². The van der Waals surface area contributed by atoms with Crippen molar-refractivity contribution in [3.63, 3.8) is 0 Å². The van der Waals surface area contributed by atoms with E-state index >= 15 is 0 Å². The third-order valence-corrected chi connectivity index (χ3v) is 6.36. The van der Waals surface area contributed by atoms with Crippen molar-refractivity contribution in [3.8, 4) is 0 Å². The van der Waals surface area contributed by atoms with Crippen LogP contribution in [0.1, 0.15) is 55.5 Å². The van der Waals surface area contributed by atoms with Gasteiger partial charge >= 0.3 is 0 Å². The Morgan fingerprint density at radius 3 is 2.53 bits per heavy atom. The van der Waals surface area contributed by atoms with Gasteiger partial charge in [0.1, 0.15) is 5.82 Å². The number of carbonyl (C=O) groups is 2. The van der Waals surface area contributed by atoms with Gasteiger partial charge in [0.15, 0.2) is 0 Å². The minimum absolute atomic E-state index is 0.0277. The molecule has 2 aromatic carbocycles. The first kappa shape index (κ1) is 25.7. The Morgan fingerprint density at radius 2 is 1.91 bits per heavy atom. The highest BCUT2D eigenvalue weighted by Gasteiger charge is 2.27. The van der Waals surface area contributed by atoms with Gasteiger partial charge in [-0.25, -0.2) is 4.39 Å². The van der Waals surface area contributed by atoms with Crippen LogP contribution >= 0.6 is 0 Å². The van der Waals surface area contributed by atoms with E-state index in [9.17, 15) is 14.0 Å². The molecule has 34 heavy (non-hydrogen) atoms. The second kappa shape index (κ2) is 12.0. The molecule has 6 nitrogen and oxygen atoms in total. The van der Waals surface area contributed by atoms with Gasteiger partial charge in [0, 0.05) is 56.6 Å². The van der Waals surface area contributed by atoms with E-state index in [4.69, 9.17) is 4.74 Å². The summed E-state index contributed by atoms with van der Waals surface area (Å²) >= 11 is 0. The van der Waals surface area contributed by atoms with Gasteiger partial charge in [-0.05, 0) is 67.6 Å². The summed E-state index contributed by atoms with van der Waals surface area (Å²) in [6.07, 6.45) is 3.61. The molecule has 0 unspecified atom stereocenters. The van der Waals surface area contributed by atoms with Gasteiger partial charge < -0.3 is 19.9 Å². The first-order chi connectivity index (χ1) is 16.3. The Kier molecular flexibility index (Phi) is 9.05. The first-order valence-electron chi connectivity index (χ1n) is 12.1. The lowest BCUT2D eigenvalue weighted by atomic mass is 10.0. The summed E-state index contributed by atoms with van der Waals surface area (Å²) in [5.74, 6) is -0.729. The topological polar surface area (TPSA) is 61.9 Å². The van der Waals surface area contributed by atoms with E-state index in [0.29, 0.717) is 18.8 Å². The summed E-state index contributed by atoms with van der Waals surface area (Å²) in [5, 5.41) is 2.86. The molecule has 0 saturated carbocycles. The van der Waals surface area contributed by atoms with Gasteiger partial charge in [0.2, 0.25) is 5.91 Å². The maximum absolute atomic E-state index is 13.5. The van der Waals surface area contributed by atoms with Crippen LogP contribution in [0.5, 0.6) is 0 Å². The molecule has 7 heteroatoms. The zero-order valence-electron chi connectivity index (χ0n) is 20.6. The largest absolute Gasteiger partial charge is 0.377 e. The second-order valence-corrected chi connectivity index (χ2v) is 9.07. The summed E-state index contributed by atoms with van der Waals surface area (Å²) in [5.41, 5.74) is 2.75. The molecular formula is C27H36FN3O3. The van der Waals surface area contributed by atoms with Crippen molar-refractivity contribution < 1.29 is 18.7 Å². The molecule has 1 N–H and O–H groups in total. The van der Waals surface area contributed by atoms with E-state index in [1.807, 2.05) is 55.9 Å². The van der Waals surface area contributed by atoms with Gasteiger partial charge in [-0.2, -0.15) is 0 Å². The second-order valence-electron chi connectivity index (χ2n) is 9.07. The van der Waals surface area contributed by atoms with E-state index in [0.717, 1.165) is 43.5 Å². The Morgan fingerprint density at radius 1 is 1.15 bits per heavy atom. The highest BCUT2D eigenvalue weighted by molar-refractivity contribution is 6.04. The van der Waals surface area contributed by atoms with E-state index in [-0.39, 0.29) is 29.4 Å². The smallest absolute Gasteiger partial charge is 0.255 e. The van der Waals surface area contributed by atoms with Crippen LogP contribution in [0.4, 0.5) is 15.8 Å². The third-order valence-electron chi connectivity index (χ3n) is 6.36. The molecule has 3 rings (SSSR count). The average molecular weight is 470 g/mol. The lowest BCUT2D eigenvalue weighted by molar-refractivity contribution is -0.138. The van der Waals surface area contributed by atoms with Crippen LogP contribution in [-0.4, -0.2) is 50.1 Å². The number of carbonyl (C=O) groups excluding carboxylic acids is 2. The number of halogens is 1. The molecule has 0 aromatic heterocycles. The fourth-order valence-electron chi connectivity index (χ4n) is 4.43. The standard InChI is InChI=1S/C27H36FN3O3/c1-5-19(6-2)27(33)31(18-24-11-8-14-34-24)17-21-16-23(12-13-25(21)30(3)4)29-26(32)20-9-7-10-22(28)15-20/h7,9-10,12-13,15-16,19,24H,5-6,8,11,14,17-18H2,1-4H3,(H,29,32)/t24-/m0/s1. The molecule has 0 spiro atoms. The van der Waals surface area contributed by atoms with E-state index in [2.05, 4.69) is 5.32 Å². The Hall–Kier alpha value is -2.93. The number of anilines is 2. The minimum atomic E-state index is -0.457. The van der Waals surface area contributed by atoms with Crippen LogP contribution in [-0.2, 0) is 16.1 Å². The first-order valence-corrected chi connectivity index (χ1v) is 12.1. The van der Waals surface area contributed by atoms with Crippen molar-refractivity contribution >= 4 is 23.2 Å². The third kappa shape index (κ3) is 6.56. The SMILES string of the molecule is CCC(CC)C(=O)N(Cc1cc(NC(=O)c2cccc(F)c2)ccc1N(C)C)C[C@@H]1CCCO1. The highest BCUT2D eigenvalue weighted by Crippen LogP contribution is 2.27. The fraction of sp³-hybridized carbons (Fsp3) is 0.481. The van der Waals surface area contributed by atoms with E-state index in [1.165, 1.54) is 18.2 Å². The van der Waals surface area contributed by atoms with Crippen molar-refractivity contribution in [2.24, 2.45) is 5.92 Å². The van der Waals surface area contributed by atoms with Gasteiger partial charge in [-0.15, -0.1) is 0 Å². The molecule has 0 radical (unpaired) electrons. The number of hydrogen-bond donors (Lipinski definition) is 1. The fourth-order valence-corrected chi connectivity index (χ4v) is 4.43.